The lowest BCUT2D eigenvalue weighted by atomic mass is 10.1. The first-order valence-electron chi connectivity index (χ1n) is 8.37. The maximum Gasteiger partial charge on any atom is 0.107 e. The van der Waals surface area contributed by atoms with Crippen molar-refractivity contribution in [1.82, 2.24) is 0 Å². The topological polar surface area (TPSA) is 0 Å². The molecule has 21 heavy (non-hydrogen) atoms. The fraction of sp³-hybridized carbons (Fsp3) is 0.400. The van der Waals surface area contributed by atoms with Crippen LogP contribution in [-0.4, -0.2) is 12.3 Å². The molecule has 0 spiro atoms. The van der Waals surface area contributed by atoms with Crippen LogP contribution in [0.15, 0.2) is 48.5 Å². The van der Waals surface area contributed by atoms with E-state index in [4.69, 9.17) is 0 Å². The van der Waals surface area contributed by atoms with E-state index in [-0.39, 0.29) is 0 Å². The van der Waals surface area contributed by atoms with Gasteiger partial charge in [-0.3, -0.25) is 0 Å². The average Bonchev–Trinajstić information content (AvgIpc) is 2.73. The second-order valence-corrected chi connectivity index (χ2v) is 10.6. The zero-order valence-electron chi connectivity index (χ0n) is 12.9. The fourth-order valence-corrected chi connectivity index (χ4v) is 9.14. The minimum absolute atomic E-state index is 0.907. The first-order chi connectivity index (χ1) is 10.3. The molecule has 0 radical (unpaired) electrons. The van der Waals surface area contributed by atoms with Crippen LogP contribution in [0.4, 0.5) is 0 Å². The van der Waals surface area contributed by atoms with Crippen molar-refractivity contribution in [2.75, 3.05) is 6.66 Å². The molecule has 1 aliphatic heterocycles. The van der Waals surface area contributed by atoms with Crippen molar-refractivity contribution in [3.05, 3.63) is 48.5 Å². The Bertz CT molecular complexity index is 605. The number of benzene rings is 2. The van der Waals surface area contributed by atoms with Crippen LogP contribution in [0.3, 0.4) is 0 Å². The van der Waals surface area contributed by atoms with Gasteiger partial charge in [-0.15, -0.1) is 0 Å². The van der Waals surface area contributed by atoms with Crippen LogP contribution in [0.25, 0.3) is 11.1 Å². The molecular weight excluding hydrogens is 271 g/mol. The Kier molecular flexibility index (Phi) is 3.38. The molecule has 0 saturated heterocycles. The van der Waals surface area contributed by atoms with Gasteiger partial charge in [0.05, 0.1) is 19.6 Å². The monoisotopic (exact) mass is 295 g/mol. The van der Waals surface area contributed by atoms with E-state index in [1.165, 1.54) is 49.7 Å². The molecule has 1 fully saturated rings. The highest BCUT2D eigenvalue weighted by atomic mass is 31.2. The van der Waals surface area contributed by atoms with Crippen LogP contribution < -0.4 is 10.6 Å². The molecule has 108 valence electrons. The highest BCUT2D eigenvalue weighted by Gasteiger charge is 2.52. The molecule has 1 heterocycles. The van der Waals surface area contributed by atoms with Gasteiger partial charge in [-0.1, -0.05) is 49.2 Å². The standard InChI is InChI=1S/C20H24P/c1-21(16-10-4-2-3-5-11-16)19-14-8-6-12-17(19)18-13-7-9-15-20(18)21/h6-9,12-16H,2-5,10-11H2,1H3/q+1. The van der Waals surface area contributed by atoms with Crippen molar-refractivity contribution in [2.24, 2.45) is 0 Å². The summed E-state index contributed by atoms with van der Waals surface area (Å²) in [5, 5.41) is 3.36. The van der Waals surface area contributed by atoms with Crippen molar-refractivity contribution in [3.63, 3.8) is 0 Å². The smallest absolute Gasteiger partial charge is 0.0614 e. The maximum absolute atomic E-state index is 2.62. The van der Waals surface area contributed by atoms with Crippen LogP contribution in [0.2, 0.25) is 0 Å². The van der Waals surface area contributed by atoms with Gasteiger partial charge in [0.2, 0.25) is 0 Å². The van der Waals surface area contributed by atoms with E-state index in [0.717, 1.165) is 5.66 Å². The van der Waals surface area contributed by atoms with Gasteiger partial charge in [-0.2, -0.15) is 0 Å². The Hall–Kier alpha value is -1.13. The lowest BCUT2D eigenvalue weighted by Gasteiger charge is -2.28. The maximum atomic E-state index is 2.62. The second-order valence-electron chi connectivity index (χ2n) is 6.76. The van der Waals surface area contributed by atoms with E-state index in [9.17, 15) is 0 Å². The molecule has 2 aromatic rings. The average molecular weight is 295 g/mol. The lowest BCUT2D eigenvalue weighted by molar-refractivity contribution is 0.702. The quantitative estimate of drug-likeness (QED) is 0.513. The van der Waals surface area contributed by atoms with E-state index in [1.807, 2.05) is 0 Å². The SMILES string of the molecule is C[P+]1(C2CCCCCC2)c2ccccc2-c2ccccc21. The first-order valence-corrected chi connectivity index (χ1v) is 10.7. The molecular formula is C20H24P+. The Morgan fingerprint density at radius 2 is 1.19 bits per heavy atom. The Balaban J connectivity index is 1.90. The number of rotatable bonds is 1. The van der Waals surface area contributed by atoms with Gasteiger partial charge in [0.15, 0.2) is 0 Å². The van der Waals surface area contributed by atoms with E-state index >= 15 is 0 Å². The number of hydrogen-bond acceptors (Lipinski definition) is 0. The van der Waals surface area contributed by atoms with Gasteiger partial charge in [0.1, 0.15) is 10.6 Å². The predicted octanol–water partition coefficient (Wildman–Crippen LogP) is 4.99. The summed E-state index contributed by atoms with van der Waals surface area (Å²) in [5.74, 6) is 0. The van der Waals surface area contributed by atoms with Gasteiger partial charge in [-0.25, -0.2) is 0 Å². The highest BCUT2D eigenvalue weighted by molar-refractivity contribution is 7.90. The van der Waals surface area contributed by atoms with Crippen LogP contribution in [0, 0.1) is 0 Å². The summed E-state index contributed by atoms with van der Waals surface area (Å²) in [5.41, 5.74) is 3.95. The van der Waals surface area contributed by atoms with E-state index in [1.54, 1.807) is 10.6 Å². The largest absolute Gasteiger partial charge is 0.107 e. The van der Waals surface area contributed by atoms with Gasteiger partial charge in [0, 0.05) is 11.1 Å². The van der Waals surface area contributed by atoms with Crippen molar-refractivity contribution in [1.29, 1.82) is 0 Å². The van der Waals surface area contributed by atoms with E-state index in [0.29, 0.717) is 0 Å². The third kappa shape index (κ3) is 2.00. The van der Waals surface area contributed by atoms with Crippen LogP contribution in [0.5, 0.6) is 0 Å². The minimum atomic E-state index is -1.20. The van der Waals surface area contributed by atoms with Gasteiger partial charge >= 0.3 is 0 Å². The Morgan fingerprint density at radius 1 is 0.714 bits per heavy atom. The normalized spacial score (nSPS) is 20.6. The second kappa shape index (κ2) is 5.25. The molecule has 2 aliphatic rings. The minimum Gasteiger partial charge on any atom is -0.0614 e. The Labute approximate surface area is 128 Å². The molecule has 0 aromatic heterocycles. The summed E-state index contributed by atoms with van der Waals surface area (Å²) in [7, 11) is -1.20. The third-order valence-electron chi connectivity index (χ3n) is 5.65. The molecule has 1 saturated carbocycles. The summed E-state index contributed by atoms with van der Waals surface area (Å²) in [6.45, 7) is 2.62. The third-order valence-corrected chi connectivity index (χ3v) is 10.4. The van der Waals surface area contributed by atoms with E-state index in [2.05, 4.69) is 55.2 Å². The zero-order chi connectivity index (χ0) is 14.3. The molecule has 0 unspecified atom stereocenters. The van der Waals surface area contributed by atoms with Crippen molar-refractivity contribution in [3.8, 4) is 11.1 Å². The van der Waals surface area contributed by atoms with Crippen molar-refractivity contribution < 1.29 is 0 Å². The first kappa shape index (κ1) is 13.5. The summed E-state index contributed by atoms with van der Waals surface area (Å²) in [6, 6.07) is 18.4. The molecule has 0 N–H and O–H groups in total. The number of hydrogen-bond donors (Lipinski definition) is 0. The van der Waals surface area contributed by atoms with Crippen LogP contribution in [0.1, 0.15) is 38.5 Å². The Morgan fingerprint density at radius 3 is 1.71 bits per heavy atom. The predicted molar refractivity (Wildman–Crippen MR) is 95.5 cm³/mol. The molecule has 0 amide bonds. The zero-order valence-corrected chi connectivity index (χ0v) is 13.8. The number of fused-ring (bicyclic) bond motifs is 3. The molecule has 0 atom stereocenters. The van der Waals surface area contributed by atoms with Gasteiger partial charge < -0.3 is 0 Å². The van der Waals surface area contributed by atoms with E-state index < -0.39 is 7.26 Å². The summed E-state index contributed by atoms with van der Waals surface area (Å²) >= 11 is 0. The van der Waals surface area contributed by atoms with Crippen molar-refractivity contribution >= 4 is 17.9 Å². The highest BCUT2D eigenvalue weighted by Crippen LogP contribution is 2.66. The molecule has 1 heteroatoms. The van der Waals surface area contributed by atoms with Crippen LogP contribution >= 0.6 is 7.26 Å². The fourth-order valence-electron chi connectivity index (χ4n) is 4.51. The summed E-state index contributed by atoms with van der Waals surface area (Å²) < 4.78 is 0. The summed E-state index contributed by atoms with van der Waals surface area (Å²) in [4.78, 5) is 0. The van der Waals surface area contributed by atoms with Crippen molar-refractivity contribution in [2.45, 2.75) is 44.2 Å². The lowest BCUT2D eigenvalue weighted by Crippen LogP contribution is -2.27. The molecule has 4 rings (SSSR count). The molecule has 0 bridgehead atoms. The molecule has 0 nitrogen and oxygen atoms in total. The molecule has 2 aromatic carbocycles. The summed E-state index contributed by atoms with van der Waals surface area (Å²) in [6.07, 6.45) is 8.63. The van der Waals surface area contributed by atoms with Gasteiger partial charge in [0.25, 0.3) is 0 Å². The van der Waals surface area contributed by atoms with Crippen LogP contribution in [-0.2, 0) is 0 Å². The van der Waals surface area contributed by atoms with Gasteiger partial charge in [-0.05, 0) is 37.8 Å². The molecule has 1 aliphatic carbocycles.